The molecule has 0 aromatic rings. The van der Waals surface area contributed by atoms with Crippen LogP contribution >= 0.6 is 12.4 Å². The third-order valence-electron chi connectivity index (χ3n) is 1.45. The van der Waals surface area contributed by atoms with Crippen molar-refractivity contribution in [1.29, 1.82) is 0 Å². The third-order valence-corrected chi connectivity index (χ3v) is 1.45. The minimum Gasteiger partial charge on any atom is -0.481 e. The van der Waals surface area contributed by atoms with Crippen LogP contribution in [-0.4, -0.2) is 21.5 Å². The summed E-state index contributed by atoms with van der Waals surface area (Å²) in [5.41, 5.74) is 5.86. The second-order valence-corrected chi connectivity index (χ2v) is 2.48. The van der Waals surface area contributed by atoms with Crippen LogP contribution in [-0.2, 0) is 4.79 Å². The molecule has 0 fully saturated rings. The van der Waals surface area contributed by atoms with Crippen molar-refractivity contribution in [3.8, 4) is 0 Å². The van der Waals surface area contributed by atoms with E-state index >= 15 is 0 Å². The Balaban J connectivity index is 0.00000144. The lowest BCUT2D eigenvalue weighted by atomic mass is 10.2. The van der Waals surface area contributed by atoms with Crippen LogP contribution in [0.3, 0.4) is 0 Å². The monoisotopic (exact) mass is 209 g/mol. The summed E-state index contributed by atoms with van der Waals surface area (Å²) in [7, 11) is 0. The van der Waals surface area contributed by atoms with Gasteiger partial charge in [-0.3, -0.25) is 10.0 Å². The lowest BCUT2D eigenvalue weighted by Gasteiger charge is -2.03. The van der Waals surface area contributed by atoms with Gasteiger partial charge in [-0.2, -0.15) is 5.17 Å². The van der Waals surface area contributed by atoms with Gasteiger partial charge in [0.05, 0.1) is 6.20 Å². The second kappa shape index (κ2) is 5.63. The van der Waals surface area contributed by atoms with Crippen molar-refractivity contribution in [2.75, 3.05) is 0 Å². The molecule has 0 bridgehead atoms. The van der Waals surface area contributed by atoms with E-state index in [-0.39, 0.29) is 18.8 Å². The summed E-state index contributed by atoms with van der Waals surface area (Å²) in [6.07, 6.45) is 2.77. The average Bonchev–Trinajstić information content (AvgIpc) is 2.35. The predicted molar refractivity (Wildman–Crippen MR) is 46.7 cm³/mol. The summed E-state index contributed by atoms with van der Waals surface area (Å²) >= 11 is 0. The lowest BCUT2D eigenvalue weighted by molar-refractivity contribution is -0.137. The topological polar surface area (TPSA) is 84.8 Å². The van der Waals surface area contributed by atoms with Crippen LogP contribution in [0.1, 0.15) is 19.3 Å². The van der Waals surface area contributed by atoms with E-state index in [0.29, 0.717) is 12.8 Å². The van der Waals surface area contributed by atoms with Gasteiger partial charge in [0.15, 0.2) is 0 Å². The Labute approximate surface area is 81.5 Å². The summed E-state index contributed by atoms with van der Waals surface area (Å²) < 4.78 is 0. The van der Waals surface area contributed by atoms with Gasteiger partial charge >= 0.3 is 5.97 Å². The van der Waals surface area contributed by atoms with Gasteiger partial charge in [0.2, 0.25) is 0 Å². The SMILES string of the molecule is Cl.O=C(O)CCCC1=CN(O)NN1. The minimum atomic E-state index is -0.803. The van der Waals surface area contributed by atoms with Crippen molar-refractivity contribution in [2.24, 2.45) is 0 Å². The van der Waals surface area contributed by atoms with Gasteiger partial charge in [-0.15, -0.1) is 17.9 Å². The van der Waals surface area contributed by atoms with Gasteiger partial charge in [-0.1, -0.05) is 0 Å². The van der Waals surface area contributed by atoms with E-state index in [0.717, 1.165) is 10.9 Å². The zero-order valence-corrected chi connectivity index (χ0v) is 7.67. The molecule has 1 aliphatic rings. The van der Waals surface area contributed by atoms with E-state index < -0.39 is 5.97 Å². The van der Waals surface area contributed by atoms with Crippen LogP contribution in [0.15, 0.2) is 11.9 Å². The zero-order valence-electron chi connectivity index (χ0n) is 6.86. The van der Waals surface area contributed by atoms with Crippen LogP contribution < -0.4 is 11.0 Å². The highest BCUT2D eigenvalue weighted by Gasteiger charge is 2.08. The Kier molecular flexibility index (Phi) is 5.20. The van der Waals surface area contributed by atoms with Gasteiger partial charge in [-0.05, 0) is 12.8 Å². The van der Waals surface area contributed by atoms with Crippen LogP contribution in [0.25, 0.3) is 0 Å². The van der Waals surface area contributed by atoms with Crippen LogP contribution in [0, 0.1) is 0 Å². The molecular weight excluding hydrogens is 198 g/mol. The van der Waals surface area contributed by atoms with E-state index in [4.69, 9.17) is 10.3 Å². The molecule has 1 heterocycles. The molecule has 0 aromatic heterocycles. The van der Waals surface area contributed by atoms with Crippen molar-refractivity contribution in [3.63, 3.8) is 0 Å². The number of nitrogens with zero attached hydrogens (tertiary/aromatic N) is 1. The summed E-state index contributed by atoms with van der Waals surface area (Å²) in [5, 5.41) is 17.9. The number of hydrogen-bond donors (Lipinski definition) is 4. The molecule has 0 radical (unpaired) electrons. The molecule has 0 saturated heterocycles. The lowest BCUT2D eigenvalue weighted by Crippen LogP contribution is -2.33. The normalized spacial score (nSPS) is 14.5. The Morgan fingerprint density at radius 1 is 1.62 bits per heavy atom. The highest BCUT2D eigenvalue weighted by Crippen LogP contribution is 2.06. The number of nitrogens with one attached hydrogen (secondary N) is 2. The second-order valence-electron chi connectivity index (χ2n) is 2.48. The van der Waals surface area contributed by atoms with E-state index in [9.17, 15) is 4.79 Å². The molecule has 0 aliphatic carbocycles. The van der Waals surface area contributed by atoms with E-state index in [2.05, 4.69) is 11.0 Å². The number of rotatable bonds is 4. The van der Waals surface area contributed by atoms with Gasteiger partial charge in [0.1, 0.15) is 0 Å². The highest BCUT2D eigenvalue weighted by atomic mass is 35.5. The van der Waals surface area contributed by atoms with Gasteiger partial charge in [0.25, 0.3) is 0 Å². The van der Waals surface area contributed by atoms with E-state index in [1.54, 1.807) is 0 Å². The fourth-order valence-electron chi connectivity index (χ4n) is 0.898. The number of aliphatic carboxylic acids is 1. The number of hydrazine groups is 2. The first-order chi connectivity index (χ1) is 5.68. The molecule has 1 rings (SSSR count). The van der Waals surface area contributed by atoms with E-state index in [1.165, 1.54) is 6.20 Å². The molecule has 0 unspecified atom stereocenters. The number of carbonyl (C=O) groups is 1. The number of carboxylic acids is 1. The standard InChI is InChI=1S/C6H11N3O3.ClH/c10-6(11)3-1-2-5-4-9(12)8-7-5;/h4,7-8,12H,1-3H2,(H,10,11);1H. The molecular formula is C6H12ClN3O3. The van der Waals surface area contributed by atoms with Crippen molar-refractivity contribution in [1.82, 2.24) is 16.1 Å². The average molecular weight is 210 g/mol. The van der Waals surface area contributed by atoms with Crippen molar-refractivity contribution in [3.05, 3.63) is 11.9 Å². The molecule has 0 amide bonds. The van der Waals surface area contributed by atoms with E-state index in [1.807, 2.05) is 0 Å². The summed E-state index contributed by atoms with van der Waals surface area (Å²) in [6.45, 7) is 0. The largest absolute Gasteiger partial charge is 0.481 e. The van der Waals surface area contributed by atoms with Crippen molar-refractivity contribution in [2.45, 2.75) is 19.3 Å². The first-order valence-corrected chi connectivity index (χ1v) is 3.61. The number of hydrogen-bond acceptors (Lipinski definition) is 5. The number of carboxylic acid groups (broad SMARTS) is 1. The molecule has 13 heavy (non-hydrogen) atoms. The first kappa shape index (κ1) is 12.0. The Morgan fingerprint density at radius 3 is 2.77 bits per heavy atom. The molecule has 0 saturated carbocycles. The number of hydroxylamine groups is 1. The zero-order chi connectivity index (χ0) is 8.97. The summed E-state index contributed by atoms with van der Waals surface area (Å²) in [4.78, 5) is 10.1. The summed E-state index contributed by atoms with van der Waals surface area (Å²) in [5.74, 6) is -0.803. The van der Waals surface area contributed by atoms with Crippen LogP contribution in [0.5, 0.6) is 0 Å². The van der Waals surface area contributed by atoms with Crippen molar-refractivity contribution >= 4 is 18.4 Å². The summed E-state index contributed by atoms with van der Waals surface area (Å²) in [6, 6.07) is 0. The molecule has 76 valence electrons. The number of allylic oxidation sites excluding steroid dienone is 1. The molecule has 1 aliphatic heterocycles. The predicted octanol–water partition coefficient (Wildman–Crippen LogP) is 0.219. The molecule has 0 atom stereocenters. The maximum Gasteiger partial charge on any atom is 0.303 e. The molecule has 0 spiro atoms. The van der Waals surface area contributed by atoms with Gasteiger partial charge in [-0.25, -0.2) is 0 Å². The Hall–Kier alpha value is -0.980. The van der Waals surface area contributed by atoms with Gasteiger partial charge in [0, 0.05) is 12.1 Å². The molecule has 0 aromatic carbocycles. The Bertz CT molecular complexity index is 209. The Morgan fingerprint density at radius 2 is 2.31 bits per heavy atom. The minimum absolute atomic E-state index is 0. The maximum absolute atomic E-state index is 10.1. The molecule has 6 nitrogen and oxygen atoms in total. The van der Waals surface area contributed by atoms with Crippen molar-refractivity contribution < 1.29 is 15.1 Å². The third kappa shape index (κ3) is 4.56. The maximum atomic E-state index is 10.1. The molecule has 4 N–H and O–H groups in total. The quantitative estimate of drug-likeness (QED) is 0.530. The van der Waals surface area contributed by atoms with Crippen LogP contribution in [0.2, 0.25) is 0 Å². The first-order valence-electron chi connectivity index (χ1n) is 3.61. The van der Waals surface area contributed by atoms with Crippen LogP contribution in [0.4, 0.5) is 0 Å². The number of halogens is 1. The fourth-order valence-corrected chi connectivity index (χ4v) is 0.898. The highest BCUT2D eigenvalue weighted by molar-refractivity contribution is 5.85. The fraction of sp³-hybridized carbons (Fsp3) is 0.500. The molecule has 7 heteroatoms. The smallest absolute Gasteiger partial charge is 0.303 e. The van der Waals surface area contributed by atoms with Gasteiger partial charge < -0.3 is 10.5 Å².